The maximum atomic E-state index is 13.2. The van der Waals surface area contributed by atoms with Gasteiger partial charge >= 0.3 is 0 Å². The lowest BCUT2D eigenvalue weighted by Crippen LogP contribution is -2.25. The minimum atomic E-state index is -0.189. The summed E-state index contributed by atoms with van der Waals surface area (Å²) in [6, 6.07) is 7.46. The van der Waals surface area contributed by atoms with Crippen LogP contribution in [0.25, 0.3) is 10.2 Å². The molecule has 2 amide bonds. The van der Waals surface area contributed by atoms with E-state index in [4.69, 9.17) is 4.98 Å². The monoisotopic (exact) mass is 422 g/mol. The number of nitrogens with one attached hydrogen (secondary N) is 1. The zero-order chi connectivity index (χ0) is 21.6. The molecule has 0 aliphatic carbocycles. The second kappa shape index (κ2) is 7.47. The van der Waals surface area contributed by atoms with E-state index >= 15 is 0 Å². The van der Waals surface area contributed by atoms with Crippen molar-refractivity contribution >= 4 is 44.7 Å². The fraction of sp³-hybridized carbons (Fsp3) is 0.391. The number of thiophene rings is 1. The zero-order valence-corrected chi connectivity index (χ0v) is 18.8. The number of hydrogen-bond donors (Lipinski definition) is 1. The highest BCUT2D eigenvalue weighted by atomic mass is 32.1. The van der Waals surface area contributed by atoms with Crippen LogP contribution in [0.2, 0.25) is 0 Å². The first kappa shape index (κ1) is 20.5. The van der Waals surface area contributed by atoms with Gasteiger partial charge in [0.15, 0.2) is 0 Å². The van der Waals surface area contributed by atoms with E-state index in [1.165, 1.54) is 11.3 Å². The molecule has 2 aromatic heterocycles. The van der Waals surface area contributed by atoms with Crippen molar-refractivity contribution in [2.75, 3.05) is 16.8 Å². The summed E-state index contributed by atoms with van der Waals surface area (Å²) < 4.78 is 0. The van der Waals surface area contributed by atoms with Gasteiger partial charge in [0.25, 0.3) is 5.91 Å². The van der Waals surface area contributed by atoms with E-state index in [0.717, 1.165) is 39.4 Å². The summed E-state index contributed by atoms with van der Waals surface area (Å²) in [5.41, 5.74) is 3.01. The lowest BCUT2D eigenvalue weighted by molar-refractivity contribution is -0.117. The van der Waals surface area contributed by atoms with Crippen LogP contribution in [-0.2, 0) is 10.2 Å². The fourth-order valence-electron chi connectivity index (χ4n) is 3.79. The number of nitrogens with zero attached hydrogens (tertiary/aromatic N) is 3. The van der Waals surface area contributed by atoms with Gasteiger partial charge in [0.1, 0.15) is 10.7 Å². The Hall–Kier alpha value is -2.80. The molecule has 0 radical (unpaired) electrons. The van der Waals surface area contributed by atoms with E-state index in [1.807, 2.05) is 38.1 Å². The third-order valence-corrected chi connectivity index (χ3v) is 6.55. The molecule has 156 valence electrons. The Morgan fingerprint density at radius 3 is 2.57 bits per heavy atom. The van der Waals surface area contributed by atoms with Crippen LogP contribution in [-0.4, -0.2) is 28.3 Å². The first-order valence-electron chi connectivity index (χ1n) is 10.2. The average Bonchev–Trinajstić information content (AvgIpc) is 3.25. The Labute approximate surface area is 180 Å². The van der Waals surface area contributed by atoms with E-state index in [2.05, 4.69) is 31.1 Å². The van der Waals surface area contributed by atoms with Gasteiger partial charge in [-0.1, -0.05) is 32.9 Å². The molecule has 0 bridgehead atoms. The minimum absolute atomic E-state index is 0.0929. The molecular formula is C23H26N4O2S. The second-order valence-corrected chi connectivity index (χ2v) is 9.74. The number of rotatable bonds is 3. The third-order valence-electron chi connectivity index (χ3n) is 5.36. The standard InChI is InChI=1S/C23H26N4O2S/c1-13-18-14(2)24-22(23(3,4)5)26-21(18)30-19(13)20(29)25-15-9-6-7-10-16(15)27-12-8-11-17(27)28/h6-7,9-10H,8,11-12H2,1-5H3,(H,25,29). The molecule has 6 nitrogen and oxygen atoms in total. The molecule has 7 heteroatoms. The van der Waals surface area contributed by atoms with Crippen LogP contribution in [0.3, 0.4) is 0 Å². The van der Waals surface area contributed by atoms with Crippen LogP contribution in [0.15, 0.2) is 24.3 Å². The molecule has 1 saturated heterocycles. The quantitative estimate of drug-likeness (QED) is 0.646. The number of benzene rings is 1. The number of aryl methyl sites for hydroxylation is 2. The smallest absolute Gasteiger partial charge is 0.266 e. The summed E-state index contributed by atoms with van der Waals surface area (Å²) >= 11 is 1.39. The van der Waals surface area contributed by atoms with Crippen molar-refractivity contribution in [2.45, 2.75) is 52.9 Å². The van der Waals surface area contributed by atoms with Gasteiger partial charge in [-0.05, 0) is 38.0 Å². The van der Waals surface area contributed by atoms with Crippen molar-refractivity contribution in [3.05, 3.63) is 46.2 Å². The van der Waals surface area contributed by atoms with Crippen molar-refractivity contribution in [3.8, 4) is 0 Å². The molecule has 1 fully saturated rings. The first-order chi connectivity index (χ1) is 14.2. The number of hydrogen-bond acceptors (Lipinski definition) is 5. The topological polar surface area (TPSA) is 75.2 Å². The second-order valence-electron chi connectivity index (χ2n) is 8.74. The fourth-order valence-corrected chi connectivity index (χ4v) is 4.91. The Morgan fingerprint density at radius 1 is 1.17 bits per heavy atom. The van der Waals surface area contributed by atoms with Crippen molar-refractivity contribution in [3.63, 3.8) is 0 Å². The van der Waals surface area contributed by atoms with Crippen LogP contribution in [0.1, 0.15) is 60.4 Å². The van der Waals surface area contributed by atoms with Gasteiger partial charge in [-0.3, -0.25) is 9.59 Å². The number of amides is 2. The molecule has 0 unspecified atom stereocenters. The van der Waals surface area contributed by atoms with Crippen molar-refractivity contribution in [2.24, 2.45) is 0 Å². The molecule has 1 aliphatic heterocycles. The minimum Gasteiger partial charge on any atom is -0.319 e. The van der Waals surface area contributed by atoms with E-state index in [9.17, 15) is 9.59 Å². The van der Waals surface area contributed by atoms with Crippen LogP contribution in [0, 0.1) is 13.8 Å². The van der Waals surface area contributed by atoms with Crippen LogP contribution >= 0.6 is 11.3 Å². The Kier molecular flexibility index (Phi) is 5.10. The first-order valence-corrected chi connectivity index (χ1v) is 11.0. The van der Waals surface area contributed by atoms with Crippen LogP contribution in [0.5, 0.6) is 0 Å². The SMILES string of the molecule is Cc1nc(C(C)(C)C)nc2sc(C(=O)Nc3ccccc3N3CCCC3=O)c(C)c12. The molecule has 4 rings (SSSR count). The summed E-state index contributed by atoms with van der Waals surface area (Å²) in [6.45, 7) is 10.8. The Morgan fingerprint density at radius 2 is 1.90 bits per heavy atom. The number of carbonyl (C=O) groups is 2. The molecule has 0 atom stereocenters. The van der Waals surface area contributed by atoms with Gasteiger partial charge < -0.3 is 10.2 Å². The maximum Gasteiger partial charge on any atom is 0.266 e. The summed E-state index contributed by atoms with van der Waals surface area (Å²) in [6.07, 6.45) is 1.39. The normalized spacial score (nSPS) is 14.6. The van der Waals surface area contributed by atoms with Gasteiger partial charge in [-0.15, -0.1) is 11.3 Å². The maximum absolute atomic E-state index is 13.2. The zero-order valence-electron chi connectivity index (χ0n) is 18.0. The van der Waals surface area contributed by atoms with Crippen molar-refractivity contribution in [1.29, 1.82) is 0 Å². The molecule has 30 heavy (non-hydrogen) atoms. The highest BCUT2D eigenvalue weighted by Gasteiger charge is 2.26. The molecular weight excluding hydrogens is 396 g/mol. The number of anilines is 2. The molecule has 3 aromatic rings. The average molecular weight is 423 g/mol. The highest BCUT2D eigenvalue weighted by molar-refractivity contribution is 7.20. The predicted octanol–water partition coefficient (Wildman–Crippen LogP) is 4.98. The Bertz CT molecular complexity index is 1160. The van der Waals surface area contributed by atoms with E-state index < -0.39 is 0 Å². The summed E-state index contributed by atoms with van der Waals surface area (Å²) in [7, 11) is 0. The molecule has 0 saturated carbocycles. The summed E-state index contributed by atoms with van der Waals surface area (Å²) in [5, 5.41) is 3.97. The molecule has 1 aliphatic rings. The van der Waals surface area contributed by atoms with E-state index in [1.54, 1.807) is 4.90 Å². The van der Waals surface area contributed by atoms with Crippen molar-refractivity contribution in [1.82, 2.24) is 9.97 Å². The summed E-state index contributed by atoms with van der Waals surface area (Å²) in [4.78, 5) is 38.0. The van der Waals surface area contributed by atoms with Gasteiger partial charge in [-0.2, -0.15) is 0 Å². The number of para-hydroxylation sites is 2. The van der Waals surface area contributed by atoms with Crippen LogP contribution < -0.4 is 10.2 Å². The molecule has 1 aromatic carbocycles. The van der Waals surface area contributed by atoms with Gasteiger partial charge in [-0.25, -0.2) is 9.97 Å². The molecule has 3 heterocycles. The summed E-state index contributed by atoms with van der Waals surface area (Å²) in [5.74, 6) is 0.681. The van der Waals surface area contributed by atoms with Gasteiger partial charge in [0.2, 0.25) is 5.91 Å². The number of fused-ring (bicyclic) bond motifs is 1. The van der Waals surface area contributed by atoms with Gasteiger partial charge in [0, 0.05) is 23.8 Å². The largest absolute Gasteiger partial charge is 0.319 e. The van der Waals surface area contributed by atoms with Gasteiger partial charge in [0.05, 0.1) is 21.9 Å². The lowest BCUT2D eigenvalue weighted by Gasteiger charge is -2.19. The van der Waals surface area contributed by atoms with E-state index in [-0.39, 0.29) is 17.2 Å². The Balaban J connectivity index is 1.71. The highest BCUT2D eigenvalue weighted by Crippen LogP contribution is 2.35. The number of aromatic nitrogens is 2. The van der Waals surface area contributed by atoms with Crippen LogP contribution in [0.4, 0.5) is 11.4 Å². The molecule has 1 N–H and O–H groups in total. The predicted molar refractivity (Wildman–Crippen MR) is 122 cm³/mol. The van der Waals surface area contributed by atoms with E-state index in [0.29, 0.717) is 23.5 Å². The van der Waals surface area contributed by atoms with Crippen molar-refractivity contribution < 1.29 is 9.59 Å². The lowest BCUT2D eigenvalue weighted by atomic mass is 9.95. The number of carbonyl (C=O) groups excluding carboxylic acids is 2. The third kappa shape index (κ3) is 3.58. The molecule has 0 spiro atoms.